The third-order valence-corrected chi connectivity index (χ3v) is 4.37. The van der Waals surface area contributed by atoms with E-state index in [4.69, 9.17) is 0 Å². The highest BCUT2D eigenvalue weighted by atomic mass is 32.1. The first-order valence-corrected chi connectivity index (χ1v) is 7.54. The van der Waals surface area contributed by atoms with Crippen molar-refractivity contribution in [2.24, 2.45) is 0 Å². The predicted octanol–water partition coefficient (Wildman–Crippen LogP) is 2.56. The first-order valence-electron chi connectivity index (χ1n) is 6.66. The van der Waals surface area contributed by atoms with Crippen LogP contribution < -0.4 is 9.80 Å². The summed E-state index contributed by atoms with van der Waals surface area (Å²) in [4.78, 5) is 13.8. The molecule has 1 saturated heterocycles. The zero-order valence-corrected chi connectivity index (χ0v) is 11.9. The fraction of sp³-hybridized carbons (Fsp3) is 0.429. The quantitative estimate of drug-likeness (QED) is 0.842. The number of nitrogens with zero attached hydrogens (tertiary/aromatic N) is 4. The van der Waals surface area contributed by atoms with E-state index in [9.17, 15) is 0 Å². The summed E-state index contributed by atoms with van der Waals surface area (Å²) in [6.07, 6.45) is 3.01. The highest BCUT2D eigenvalue weighted by molar-refractivity contribution is 7.13. The van der Waals surface area contributed by atoms with Gasteiger partial charge < -0.3 is 9.80 Å². The van der Waals surface area contributed by atoms with Crippen molar-refractivity contribution in [3.8, 4) is 0 Å². The van der Waals surface area contributed by atoms with E-state index in [1.807, 2.05) is 12.3 Å². The van der Waals surface area contributed by atoms with Gasteiger partial charge in [0.15, 0.2) is 5.13 Å². The van der Waals surface area contributed by atoms with E-state index < -0.39 is 0 Å². The minimum atomic E-state index is 1.01. The van der Waals surface area contributed by atoms with Crippen LogP contribution in [0, 0.1) is 6.92 Å². The molecular formula is C14H18N4S. The summed E-state index contributed by atoms with van der Waals surface area (Å²) in [6.45, 7) is 6.23. The minimum absolute atomic E-state index is 1.01. The standard InChI is InChI=1S/C14H18N4S/c1-12-11-19-14(16-12)18-8-4-7-17(9-10-18)13-5-2-3-6-15-13/h2-3,5-6,11H,4,7-10H2,1H3. The minimum Gasteiger partial charge on any atom is -0.355 e. The van der Waals surface area contributed by atoms with E-state index in [2.05, 4.69) is 44.2 Å². The summed E-state index contributed by atoms with van der Waals surface area (Å²) in [7, 11) is 0. The molecule has 0 N–H and O–H groups in total. The second kappa shape index (κ2) is 5.57. The molecule has 1 aliphatic heterocycles. The van der Waals surface area contributed by atoms with Crippen LogP contribution in [0.15, 0.2) is 29.8 Å². The molecule has 1 fully saturated rings. The van der Waals surface area contributed by atoms with Crippen molar-refractivity contribution < 1.29 is 0 Å². The fourth-order valence-electron chi connectivity index (χ4n) is 2.37. The fourth-order valence-corrected chi connectivity index (χ4v) is 3.22. The molecule has 3 rings (SSSR count). The normalized spacial score (nSPS) is 16.5. The molecule has 0 aliphatic carbocycles. The molecule has 0 atom stereocenters. The highest BCUT2D eigenvalue weighted by Crippen LogP contribution is 2.22. The summed E-state index contributed by atoms with van der Waals surface area (Å²) in [5.41, 5.74) is 1.12. The first kappa shape index (κ1) is 12.4. The lowest BCUT2D eigenvalue weighted by atomic mass is 10.3. The molecule has 0 radical (unpaired) electrons. The van der Waals surface area contributed by atoms with Crippen LogP contribution in [-0.4, -0.2) is 36.1 Å². The second-order valence-electron chi connectivity index (χ2n) is 4.79. The lowest BCUT2D eigenvalue weighted by Crippen LogP contribution is -2.31. The summed E-state index contributed by atoms with van der Waals surface area (Å²) in [6, 6.07) is 6.10. The van der Waals surface area contributed by atoms with Crippen molar-refractivity contribution in [2.45, 2.75) is 13.3 Å². The third-order valence-electron chi connectivity index (χ3n) is 3.35. The average Bonchev–Trinajstić information content (AvgIpc) is 2.74. The van der Waals surface area contributed by atoms with Crippen LogP contribution in [0.5, 0.6) is 0 Å². The Bertz CT molecular complexity index is 525. The first-order chi connectivity index (χ1) is 9.33. The molecule has 0 unspecified atom stereocenters. The number of thiazole rings is 1. The third kappa shape index (κ3) is 2.87. The summed E-state index contributed by atoms with van der Waals surface area (Å²) in [5.74, 6) is 1.08. The number of aromatic nitrogens is 2. The van der Waals surface area contributed by atoms with Crippen LogP contribution in [0.1, 0.15) is 12.1 Å². The lowest BCUT2D eigenvalue weighted by molar-refractivity contribution is 0.797. The summed E-state index contributed by atoms with van der Waals surface area (Å²) < 4.78 is 0. The van der Waals surface area contributed by atoms with Gasteiger partial charge in [0.05, 0.1) is 5.69 Å². The van der Waals surface area contributed by atoms with Crippen LogP contribution in [0.2, 0.25) is 0 Å². The molecule has 0 saturated carbocycles. The van der Waals surface area contributed by atoms with Gasteiger partial charge in [0.1, 0.15) is 5.82 Å². The molecule has 0 bridgehead atoms. The van der Waals surface area contributed by atoms with E-state index in [-0.39, 0.29) is 0 Å². The van der Waals surface area contributed by atoms with Crippen LogP contribution in [-0.2, 0) is 0 Å². The summed E-state index contributed by atoms with van der Waals surface area (Å²) >= 11 is 1.74. The highest BCUT2D eigenvalue weighted by Gasteiger charge is 2.17. The van der Waals surface area contributed by atoms with E-state index in [0.29, 0.717) is 0 Å². The van der Waals surface area contributed by atoms with Gasteiger partial charge in [-0.05, 0) is 25.5 Å². The molecule has 0 amide bonds. The number of pyridine rings is 1. The molecular weight excluding hydrogens is 256 g/mol. The van der Waals surface area contributed by atoms with Gasteiger partial charge in [-0.1, -0.05) is 6.07 Å². The van der Waals surface area contributed by atoms with Crippen molar-refractivity contribution in [1.29, 1.82) is 0 Å². The van der Waals surface area contributed by atoms with Crippen molar-refractivity contribution in [3.05, 3.63) is 35.5 Å². The maximum absolute atomic E-state index is 4.58. The molecule has 3 heterocycles. The van der Waals surface area contributed by atoms with E-state index in [0.717, 1.165) is 49.2 Å². The molecule has 0 aromatic carbocycles. The maximum atomic E-state index is 4.58. The second-order valence-corrected chi connectivity index (χ2v) is 5.62. The van der Waals surface area contributed by atoms with Gasteiger partial charge in [0.2, 0.25) is 0 Å². The zero-order chi connectivity index (χ0) is 13.1. The Balaban J connectivity index is 1.69. The molecule has 4 nitrogen and oxygen atoms in total. The molecule has 2 aromatic rings. The predicted molar refractivity (Wildman–Crippen MR) is 80.1 cm³/mol. The Morgan fingerprint density at radius 1 is 1.11 bits per heavy atom. The van der Waals surface area contributed by atoms with Gasteiger partial charge in [-0.2, -0.15) is 0 Å². The van der Waals surface area contributed by atoms with Crippen LogP contribution in [0.4, 0.5) is 10.9 Å². The molecule has 100 valence electrons. The topological polar surface area (TPSA) is 32.3 Å². The molecule has 19 heavy (non-hydrogen) atoms. The zero-order valence-electron chi connectivity index (χ0n) is 11.1. The number of rotatable bonds is 2. The Kier molecular flexibility index (Phi) is 3.64. The average molecular weight is 274 g/mol. The van der Waals surface area contributed by atoms with Gasteiger partial charge in [0.25, 0.3) is 0 Å². The smallest absolute Gasteiger partial charge is 0.185 e. The van der Waals surface area contributed by atoms with E-state index >= 15 is 0 Å². The largest absolute Gasteiger partial charge is 0.355 e. The van der Waals surface area contributed by atoms with Crippen LogP contribution in [0.3, 0.4) is 0 Å². The Hall–Kier alpha value is -1.62. The molecule has 0 spiro atoms. The monoisotopic (exact) mass is 274 g/mol. The SMILES string of the molecule is Cc1csc(N2CCCN(c3ccccn3)CC2)n1. The number of hydrogen-bond donors (Lipinski definition) is 0. The Morgan fingerprint density at radius 2 is 1.95 bits per heavy atom. The van der Waals surface area contributed by atoms with Gasteiger partial charge in [-0.15, -0.1) is 11.3 Å². The van der Waals surface area contributed by atoms with Gasteiger partial charge in [-0.3, -0.25) is 0 Å². The summed E-state index contributed by atoms with van der Waals surface area (Å²) in [5, 5.41) is 3.27. The molecule has 1 aliphatic rings. The Labute approximate surface area is 117 Å². The molecule has 5 heteroatoms. The van der Waals surface area contributed by atoms with Crippen LogP contribution in [0.25, 0.3) is 0 Å². The molecule has 2 aromatic heterocycles. The number of anilines is 2. The van der Waals surface area contributed by atoms with Crippen molar-refractivity contribution in [1.82, 2.24) is 9.97 Å². The van der Waals surface area contributed by atoms with Crippen molar-refractivity contribution in [3.63, 3.8) is 0 Å². The number of aryl methyl sites for hydroxylation is 1. The van der Waals surface area contributed by atoms with Gasteiger partial charge in [0, 0.05) is 37.8 Å². The van der Waals surface area contributed by atoms with Crippen molar-refractivity contribution >= 4 is 22.3 Å². The van der Waals surface area contributed by atoms with E-state index in [1.165, 1.54) is 0 Å². The van der Waals surface area contributed by atoms with Gasteiger partial charge >= 0.3 is 0 Å². The maximum Gasteiger partial charge on any atom is 0.185 e. The van der Waals surface area contributed by atoms with Gasteiger partial charge in [-0.25, -0.2) is 9.97 Å². The van der Waals surface area contributed by atoms with Crippen molar-refractivity contribution in [2.75, 3.05) is 36.0 Å². The van der Waals surface area contributed by atoms with Crippen LogP contribution >= 0.6 is 11.3 Å². The lowest BCUT2D eigenvalue weighted by Gasteiger charge is -2.22. The number of hydrogen-bond acceptors (Lipinski definition) is 5. The Morgan fingerprint density at radius 3 is 2.68 bits per heavy atom. The van der Waals surface area contributed by atoms with E-state index in [1.54, 1.807) is 11.3 Å².